The van der Waals surface area contributed by atoms with Crippen molar-refractivity contribution in [3.8, 4) is 5.75 Å². The Hall–Kier alpha value is -2.82. The lowest BCUT2D eigenvalue weighted by atomic mass is 9.82. The van der Waals surface area contributed by atoms with Gasteiger partial charge < -0.3 is 15.8 Å². The lowest BCUT2D eigenvalue weighted by molar-refractivity contribution is -0.118. The number of anilines is 1. The predicted octanol–water partition coefficient (Wildman–Crippen LogP) is 3.49. The number of ether oxygens (including phenoxy) is 1. The molecule has 0 heterocycles. The maximum absolute atomic E-state index is 11.9. The van der Waals surface area contributed by atoms with Gasteiger partial charge in [-0.2, -0.15) is 0 Å². The third-order valence-corrected chi connectivity index (χ3v) is 4.34. The number of nitrogens with one attached hydrogen (secondary N) is 1. The molecule has 2 aromatic carbocycles. The van der Waals surface area contributed by atoms with Gasteiger partial charge in [-0.3, -0.25) is 9.59 Å². The van der Waals surface area contributed by atoms with Crippen LogP contribution in [0.1, 0.15) is 43.1 Å². The monoisotopic (exact) mass is 340 g/mol. The van der Waals surface area contributed by atoms with E-state index in [0.717, 1.165) is 6.42 Å². The van der Waals surface area contributed by atoms with E-state index in [4.69, 9.17) is 10.5 Å². The van der Waals surface area contributed by atoms with Gasteiger partial charge in [0.2, 0.25) is 5.91 Å². The standard InChI is InChI=1S/C20H24N2O3/c1-4-20(2,3)15-7-11-17(12-8-15)25-13-18(23)22-16-9-5-14(6-10-16)19(21)24/h5-12H,4,13H2,1-3H3,(H2,21,24)(H,22,23). The number of hydrogen-bond acceptors (Lipinski definition) is 3. The predicted molar refractivity (Wildman–Crippen MR) is 98.8 cm³/mol. The minimum atomic E-state index is -0.504. The fourth-order valence-electron chi connectivity index (χ4n) is 2.27. The molecule has 0 aliphatic heterocycles. The zero-order chi connectivity index (χ0) is 18.4. The normalized spacial score (nSPS) is 11.0. The molecule has 0 spiro atoms. The first-order chi connectivity index (χ1) is 11.8. The second-order valence-electron chi connectivity index (χ2n) is 6.54. The maximum atomic E-state index is 11.9. The summed E-state index contributed by atoms with van der Waals surface area (Å²) in [6.07, 6.45) is 1.05. The van der Waals surface area contributed by atoms with Gasteiger partial charge in [0, 0.05) is 11.3 Å². The molecule has 25 heavy (non-hydrogen) atoms. The van der Waals surface area contributed by atoms with E-state index in [9.17, 15) is 9.59 Å². The molecule has 0 fully saturated rings. The Balaban J connectivity index is 1.88. The quantitative estimate of drug-likeness (QED) is 0.809. The Morgan fingerprint density at radius 3 is 2.16 bits per heavy atom. The Morgan fingerprint density at radius 1 is 1.04 bits per heavy atom. The summed E-state index contributed by atoms with van der Waals surface area (Å²) < 4.78 is 5.52. The van der Waals surface area contributed by atoms with Crippen LogP contribution in [0.3, 0.4) is 0 Å². The molecule has 0 aliphatic rings. The first-order valence-corrected chi connectivity index (χ1v) is 8.25. The van der Waals surface area contributed by atoms with Crippen molar-refractivity contribution >= 4 is 17.5 Å². The number of primary amides is 1. The zero-order valence-corrected chi connectivity index (χ0v) is 14.8. The van der Waals surface area contributed by atoms with Gasteiger partial charge in [0.25, 0.3) is 5.91 Å². The minimum absolute atomic E-state index is 0.0892. The van der Waals surface area contributed by atoms with Crippen LogP contribution in [0.15, 0.2) is 48.5 Å². The SMILES string of the molecule is CCC(C)(C)c1ccc(OCC(=O)Nc2ccc(C(N)=O)cc2)cc1. The van der Waals surface area contributed by atoms with E-state index in [1.54, 1.807) is 24.3 Å². The molecule has 132 valence electrons. The number of rotatable bonds is 7. The fourth-order valence-corrected chi connectivity index (χ4v) is 2.27. The lowest BCUT2D eigenvalue weighted by Gasteiger charge is -2.23. The van der Waals surface area contributed by atoms with Crippen molar-refractivity contribution < 1.29 is 14.3 Å². The summed E-state index contributed by atoms with van der Waals surface area (Å²) in [7, 11) is 0. The van der Waals surface area contributed by atoms with E-state index < -0.39 is 5.91 Å². The summed E-state index contributed by atoms with van der Waals surface area (Å²) in [4.78, 5) is 23.0. The van der Waals surface area contributed by atoms with Crippen molar-refractivity contribution in [2.75, 3.05) is 11.9 Å². The van der Waals surface area contributed by atoms with Gasteiger partial charge in [0.05, 0.1) is 0 Å². The van der Waals surface area contributed by atoms with E-state index in [2.05, 4.69) is 26.1 Å². The highest BCUT2D eigenvalue weighted by Crippen LogP contribution is 2.28. The second-order valence-corrected chi connectivity index (χ2v) is 6.54. The van der Waals surface area contributed by atoms with E-state index in [-0.39, 0.29) is 17.9 Å². The topological polar surface area (TPSA) is 81.4 Å². The molecule has 0 aromatic heterocycles. The van der Waals surface area contributed by atoms with Crippen LogP contribution >= 0.6 is 0 Å². The summed E-state index contributed by atoms with van der Waals surface area (Å²) in [5.41, 5.74) is 7.51. The van der Waals surface area contributed by atoms with Gasteiger partial charge >= 0.3 is 0 Å². The third kappa shape index (κ3) is 5.08. The first kappa shape index (κ1) is 18.5. The number of carbonyl (C=O) groups excluding carboxylic acids is 2. The molecule has 0 bridgehead atoms. The zero-order valence-electron chi connectivity index (χ0n) is 14.8. The minimum Gasteiger partial charge on any atom is -0.484 e. The fraction of sp³-hybridized carbons (Fsp3) is 0.300. The van der Waals surface area contributed by atoms with Gasteiger partial charge in [0.15, 0.2) is 6.61 Å². The third-order valence-electron chi connectivity index (χ3n) is 4.34. The first-order valence-electron chi connectivity index (χ1n) is 8.25. The summed E-state index contributed by atoms with van der Waals surface area (Å²) in [6, 6.07) is 14.2. The largest absolute Gasteiger partial charge is 0.484 e. The molecular formula is C20H24N2O3. The van der Waals surface area contributed by atoms with Crippen molar-refractivity contribution in [3.05, 3.63) is 59.7 Å². The van der Waals surface area contributed by atoms with Gasteiger partial charge in [-0.25, -0.2) is 0 Å². The highest BCUT2D eigenvalue weighted by Gasteiger charge is 2.17. The number of amides is 2. The summed E-state index contributed by atoms with van der Waals surface area (Å²) in [5.74, 6) is -0.129. The van der Waals surface area contributed by atoms with Crippen LogP contribution in [0.4, 0.5) is 5.69 Å². The van der Waals surface area contributed by atoms with Gasteiger partial charge in [-0.05, 0) is 53.8 Å². The molecule has 2 rings (SSSR count). The van der Waals surface area contributed by atoms with Gasteiger partial charge in [0.1, 0.15) is 5.75 Å². The average molecular weight is 340 g/mol. The number of benzene rings is 2. The maximum Gasteiger partial charge on any atom is 0.262 e. The Bertz CT molecular complexity index is 735. The molecule has 5 heteroatoms. The average Bonchev–Trinajstić information content (AvgIpc) is 2.61. The molecule has 3 N–H and O–H groups in total. The summed E-state index contributed by atoms with van der Waals surface area (Å²) in [6.45, 7) is 6.46. The van der Waals surface area contributed by atoms with E-state index in [1.807, 2.05) is 24.3 Å². The Morgan fingerprint density at radius 2 is 1.64 bits per heavy atom. The molecule has 5 nitrogen and oxygen atoms in total. The van der Waals surface area contributed by atoms with Crippen LogP contribution in [-0.4, -0.2) is 18.4 Å². The molecule has 0 saturated heterocycles. The van der Waals surface area contributed by atoms with Crippen molar-refractivity contribution in [3.63, 3.8) is 0 Å². The smallest absolute Gasteiger partial charge is 0.262 e. The van der Waals surface area contributed by atoms with Crippen LogP contribution < -0.4 is 15.8 Å². The van der Waals surface area contributed by atoms with Crippen LogP contribution in [-0.2, 0) is 10.2 Å². The number of nitrogens with two attached hydrogens (primary N) is 1. The van der Waals surface area contributed by atoms with Crippen molar-refractivity contribution in [2.45, 2.75) is 32.6 Å². The van der Waals surface area contributed by atoms with E-state index >= 15 is 0 Å². The summed E-state index contributed by atoms with van der Waals surface area (Å²) >= 11 is 0. The van der Waals surface area contributed by atoms with Gasteiger partial charge in [-0.15, -0.1) is 0 Å². The molecule has 0 unspecified atom stereocenters. The van der Waals surface area contributed by atoms with Crippen LogP contribution in [0.2, 0.25) is 0 Å². The van der Waals surface area contributed by atoms with E-state index in [1.165, 1.54) is 5.56 Å². The lowest BCUT2D eigenvalue weighted by Crippen LogP contribution is -2.20. The highest BCUT2D eigenvalue weighted by atomic mass is 16.5. The van der Waals surface area contributed by atoms with Crippen LogP contribution in [0.5, 0.6) is 5.75 Å². The van der Waals surface area contributed by atoms with Crippen molar-refractivity contribution in [2.24, 2.45) is 5.73 Å². The summed E-state index contributed by atoms with van der Waals surface area (Å²) in [5, 5.41) is 2.71. The number of hydrogen-bond donors (Lipinski definition) is 2. The molecule has 0 saturated carbocycles. The van der Waals surface area contributed by atoms with Gasteiger partial charge in [-0.1, -0.05) is 32.9 Å². The van der Waals surface area contributed by atoms with E-state index in [0.29, 0.717) is 17.0 Å². The molecule has 0 atom stereocenters. The Labute approximate surface area is 148 Å². The highest BCUT2D eigenvalue weighted by molar-refractivity contribution is 5.95. The number of carbonyl (C=O) groups is 2. The Kier molecular flexibility index (Phi) is 5.80. The molecule has 2 aromatic rings. The molecule has 0 radical (unpaired) electrons. The molecular weight excluding hydrogens is 316 g/mol. The molecule has 0 aliphatic carbocycles. The van der Waals surface area contributed by atoms with Crippen LogP contribution in [0.25, 0.3) is 0 Å². The van der Waals surface area contributed by atoms with Crippen molar-refractivity contribution in [1.29, 1.82) is 0 Å². The molecule has 2 amide bonds. The van der Waals surface area contributed by atoms with Crippen molar-refractivity contribution in [1.82, 2.24) is 0 Å². The van der Waals surface area contributed by atoms with Crippen LogP contribution in [0, 0.1) is 0 Å². The second kappa shape index (κ2) is 7.83.